The van der Waals surface area contributed by atoms with E-state index in [9.17, 15) is 4.79 Å². The zero-order chi connectivity index (χ0) is 12.7. The lowest BCUT2D eigenvalue weighted by molar-refractivity contribution is 0.0478. The molecule has 0 saturated heterocycles. The fourth-order valence-electron chi connectivity index (χ4n) is 1.76. The molecule has 0 fully saturated rings. The van der Waals surface area contributed by atoms with E-state index in [1.54, 1.807) is 6.92 Å². The molecule has 0 saturated carbocycles. The first kappa shape index (κ1) is 13.7. The normalized spacial score (nSPS) is 10.8. The Morgan fingerprint density at radius 3 is 2.41 bits per heavy atom. The van der Waals surface area contributed by atoms with Crippen LogP contribution in [0.1, 0.15) is 68.9 Å². The molecule has 0 aliphatic carbocycles. The summed E-state index contributed by atoms with van der Waals surface area (Å²) in [5.41, 5.74) is 0. The number of esters is 1. The van der Waals surface area contributed by atoms with Gasteiger partial charge in [0.2, 0.25) is 5.89 Å². The molecule has 0 aromatic carbocycles. The van der Waals surface area contributed by atoms with Crippen molar-refractivity contribution in [2.24, 2.45) is 0 Å². The van der Waals surface area contributed by atoms with Crippen molar-refractivity contribution in [2.75, 3.05) is 6.61 Å². The minimum Gasteiger partial charge on any atom is -0.459 e. The molecule has 5 heteroatoms. The van der Waals surface area contributed by atoms with Crippen LogP contribution >= 0.6 is 0 Å². The van der Waals surface area contributed by atoms with Crippen molar-refractivity contribution in [1.82, 2.24) is 10.2 Å². The molecule has 1 aromatic rings. The predicted molar refractivity (Wildman–Crippen MR) is 62.8 cm³/mol. The molecule has 1 aromatic heterocycles. The molecule has 0 spiro atoms. The maximum atomic E-state index is 11.4. The minimum absolute atomic E-state index is 0.0425. The first-order valence-corrected chi connectivity index (χ1v) is 6.23. The highest BCUT2D eigenvalue weighted by atomic mass is 16.5. The molecule has 0 aliphatic rings. The van der Waals surface area contributed by atoms with Gasteiger partial charge in [-0.15, -0.1) is 10.2 Å². The Balaban J connectivity index is 2.73. The average molecular weight is 240 g/mol. The summed E-state index contributed by atoms with van der Waals surface area (Å²) in [6.07, 6.45) is 4.11. The molecule has 0 aliphatic heterocycles. The van der Waals surface area contributed by atoms with E-state index >= 15 is 0 Å². The predicted octanol–water partition coefficient (Wildman–Crippen LogP) is 2.93. The van der Waals surface area contributed by atoms with Gasteiger partial charge in [0.25, 0.3) is 0 Å². The number of ether oxygens (including phenoxy) is 1. The summed E-state index contributed by atoms with van der Waals surface area (Å²) in [7, 11) is 0. The van der Waals surface area contributed by atoms with Gasteiger partial charge in [0.15, 0.2) is 0 Å². The van der Waals surface area contributed by atoms with Crippen molar-refractivity contribution >= 4 is 5.97 Å². The van der Waals surface area contributed by atoms with E-state index in [-0.39, 0.29) is 11.8 Å². The molecule has 17 heavy (non-hydrogen) atoms. The number of hydrogen-bond acceptors (Lipinski definition) is 5. The summed E-state index contributed by atoms with van der Waals surface area (Å²) in [5.74, 6) is 0.217. The van der Waals surface area contributed by atoms with Crippen LogP contribution in [-0.4, -0.2) is 22.8 Å². The van der Waals surface area contributed by atoms with Gasteiger partial charge in [0.1, 0.15) is 0 Å². The second-order valence-electron chi connectivity index (χ2n) is 3.94. The third kappa shape index (κ3) is 3.84. The Bertz CT molecular complexity index is 343. The van der Waals surface area contributed by atoms with E-state index in [1.807, 2.05) is 0 Å². The van der Waals surface area contributed by atoms with Crippen LogP contribution in [0.4, 0.5) is 0 Å². The van der Waals surface area contributed by atoms with Crippen LogP contribution in [0.2, 0.25) is 0 Å². The van der Waals surface area contributed by atoms with Crippen molar-refractivity contribution in [3.8, 4) is 0 Å². The second-order valence-corrected chi connectivity index (χ2v) is 3.94. The van der Waals surface area contributed by atoms with Crippen molar-refractivity contribution in [2.45, 2.75) is 52.4 Å². The quantitative estimate of drug-likeness (QED) is 0.685. The van der Waals surface area contributed by atoms with Gasteiger partial charge in [-0.25, -0.2) is 4.79 Å². The third-order valence-electron chi connectivity index (χ3n) is 2.51. The molecule has 0 N–H and O–H groups in total. The maximum Gasteiger partial charge on any atom is 0.396 e. The van der Waals surface area contributed by atoms with E-state index in [4.69, 9.17) is 9.15 Å². The molecular weight excluding hydrogens is 220 g/mol. The zero-order valence-electron chi connectivity index (χ0n) is 10.7. The summed E-state index contributed by atoms with van der Waals surface area (Å²) in [4.78, 5) is 11.4. The number of rotatable bonds is 7. The van der Waals surface area contributed by atoms with E-state index in [2.05, 4.69) is 24.0 Å². The van der Waals surface area contributed by atoms with Gasteiger partial charge in [-0.2, -0.15) is 0 Å². The summed E-state index contributed by atoms with van der Waals surface area (Å²) >= 11 is 0. The lowest BCUT2D eigenvalue weighted by Gasteiger charge is -2.09. The summed E-state index contributed by atoms with van der Waals surface area (Å²) < 4.78 is 10.2. The van der Waals surface area contributed by atoms with Crippen molar-refractivity contribution < 1.29 is 13.9 Å². The molecule has 0 bridgehead atoms. The number of carbonyl (C=O) groups is 1. The van der Waals surface area contributed by atoms with Gasteiger partial charge >= 0.3 is 11.9 Å². The first-order chi connectivity index (χ1) is 8.22. The summed E-state index contributed by atoms with van der Waals surface area (Å²) in [5, 5.41) is 7.67. The minimum atomic E-state index is -0.544. The third-order valence-corrected chi connectivity index (χ3v) is 2.51. The average Bonchev–Trinajstić information content (AvgIpc) is 2.78. The molecule has 96 valence electrons. The van der Waals surface area contributed by atoms with E-state index in [1.165, 1.54) is 0 Å². The Morgan fingerprint density at radius 2 is 1.88 bits per heavy atom. The van der Waals surface area contributed by atoms with E-state index in [0.29, 0.717) is 12.5 Å². The summed E-state index contributed by atoms with van der Waals surface area (Å²) in [6, 6.07) is 0. The van der Waals surface area contributed by atoms with Crippen molar-refractivity contribution in [1.29, 1.82) is 0 Å². The Labute approximate surface area is 102 Å². The maximum absolute atomic E-state index is 11.4. The smallest absolute Gasteiger partial charge is 0.396 e. The largest absolute Gasteiger partial charge is 0.459 e. The lowest BCUT2D eigenvalue weighted by atomic mass is 9.98. The highest BCUT2D eigenvalue weighted by Gasteiger charge is 2.21. The monoisotopic (exact) mass is 240 g/mol. The Hall–Kier alpha value is -1.39. The molecule has 1 heterocycles. The van der Waals surface area contributed by atoms with Gasteiger partial charge in [-0.05, 0) is 19.8 Å². The van der Waals surface area contributed by atoms with E-state index in [0.717, 1.165) is 25.7 Å². The van der Waals surface area contributed by atoms with Crippen LogP contribution in [0.25, 0.3) is 0 Å². The Morgan fingerprint density at radius 1 is 1.24 bits per heavy atom. The van der Waals surface area contributed by atoms with Gasteiger partial charge in [-0.3, -0.25) is 0 Å². The van der Waals surface area contributed by atoms with Crippen LogP contribution in [-0.2, 0) is 4.74 Å². The van der Waals surface area contributed by atoms with Crippen LogP contribution in [0.5, 0.6) is 0 Å². The van der Waals surface area contributed by atoms with E-state index < -0.39 is 5.97 Å². The van der Waals surface area contributed by atoms with Gasteiger partial charge in [-0.1, -0.05) is 26.7 Å². The van der Waals surface area contributed by atoms with Crippen molar-refractivity contribution in [3.05, 3.63) is 11.8 Å². The molecule has 0 amide bonds. The molecule has 5 nitrogen and oxygen atoms in total. The molecular formula is C12H20N2O3. The van der Waals surface area contributed by atoms with Gasteiger partial charge in [0, 0.05) is 5.92 Å². The SMILES string of the molecule is CCCC(CCC)c1nnc(C(=O)OCC)o1. The number of hydrogen-bond donors (Lipinski definition) is 0. The van der Waals surface area contributed by atoms with Crippen molar-refractivity contribution in [3.63, 3.8) is 0 Å². The fourth-order valence-corrected chi connectivity index (χ4v) is 1.76. The van der Waals surface area contributed by atoms with Crippen LogP contribution in [0.15, 0.2) is 4.42 Å². The Kier molecular flexibility index (Phi) is 5.66. The van der Waals surface area contributed by atoms with Crippen LogP contribution in [0, 0.1) is 0 Å². The lowest BCUT2D eigenvalue weighted by Crippen LogP contribution is -2.04. The molecule has 1 rings (SSSR count). The standard InChI is InChI=1S/C12H20N2O3/c1-4-7-9(8-5-2)10-13-14-11(17-10)12(15)16-6-3/h9H,4-8H2,1-3H3. The first-order valence-electron chi connectivity index (χ1n) is 6.23. The van der Waals surface area contributed by atoms with Crippen LogP contribution in [0.3, 0.4) is 0 Å². The number of nitrogens with zero attached hydrogens (tertiary/aromatic N) is 2. The zero-order valence-corrected chi connectivity index (χ0v) is 10.7. The summed E-state index contributed by atoms with van der Waals surface area (Å²) in [6.45, 7) is 6.28. The highest BCUT2D eigenvalue weighted by Crippen LogP contribution is 2.25. The molecule has 0 radical (unpaired) electrons. The fraction of sp³-hybridized carbons (Fsp3) is 0.750. The second kappa shape index (κ2) is 7.04. The molecule has 0 atom stereocenters. The van der Waals surface area contributed by atoms with Gasteiger partial charge < -0.3 is 9.15 Å². The van der Waals surface area contributed by atoms with Gasteiger partial charge in [0.05, 0.1) is 6.61 Å². The molecule has 0 unspecified atom stereocenters. The van der Waals surface area contributed by atoms with Crippen LogP contribution < -0.4 is 0 Å². The highest BCUT2D eigenvalue weighted by molar-refractivity contribution is 5.83. The topological polar surface area (TPSA) is 65.2 Å². The number of carbonyl (C=O) groups excluding carboxylic acids is 1. The number of aromatic nitrogens is 2.